The van der Waals surface area contributed by atoms with Crippen LogP contribution in [0, 0.1) is 6.92 Å². The average molecular weight is 555 g/mol. The Morgan fingerprint density at radius 2 is 1.97 bits per heavy atom. The van der Waals surface area contributed by atoms with E-state index in [9.17, 15) is 9.59 Å². The number of para-hydroxylation sites is 1. The molecule has 0 spiro atoms. The van der Waals surface area contributed by atoms with E-state index in [0.717, 1.165) is 15.6 Å². The van der Waals surface area contributed by atoms with Crippen LogP contribution in [0.15, 0.2) is 68.0 Å². The van der Waals surface area contributed by atoms with Crippen LogP contribution in [-0.2, 0) is 9.53 Å². The molecule has 0 fully saturated rings. The molecule has 0 saturated carbocycles. The van der Waals surface area contributed by atoms with Gasteiger partial charge in [-0.15, -0.1) is 0 Å². The third-order valence-corrected chi connectivity index (χ3v) is 7.42. The molecule has 182 valence electrons. The molecule has 2 aromatic carbocycles. The van der Waals surface area contributed by atoms with Gasteiger partial charge in [0.15, 0.2) is 4.80 Å². The fourth-order valence-electron chi connectivity index (χ4n) is 4.00. The maximum Gasteiger partial charge on any atom is 0.338 e. The number of benzene rings is 2. The standard InChI is InChI=1S/C27H27BrN2O4S/c1-6-33-26(32)23-17(5)29-27-30(24(23)19-9-7-8-10-21(19)34-15(2)3)25(31)22(35-27)14-18-12-11-16(4)20(28)13-18/h7-15,24H,6H2,1-5H3/b22-14-/t24-/m0/s1. The first-order valence-corrected chi connectivity index (χ1v) is 13.0. The van der Waals surface area contributed by atoms with Crippen LogP contribution in [0.4, 0.5) is 0 Å². The number of hydrogen-bond donors (Lipinski definition) is 0. The lowest BCUT2D eigenvalue weighted by Crippen LogP contribution is -2.40. The predicted octanol–water partition coefficient (Wildman–Crippen LogP) is 4.66. The third-order valence-electron chi connectivity index (χ3n) is 5.59. The topological polar surface area (TPSA) is 69.9 Å². The number of allylic oxidation sites excluding steroid dienone is 1. The van der Waals surface area contributed by atoms with Crippen LogP contribution >= 0.6 is 27.3 Å². The van der Waals surface area contributed by atoms with Crippen molar-refractivity contribution < 1.29 is 14.3 Å². The molecule has 3 aromatic rings. The Labute approximate surface area is 216 Å². The van der Waals surface area contributed by atoms with Gasteiger partial charge in [-0.1, -0.05) is 57.6 Å². The fraction of sp³-hybridized carbons (Fsp3) is 0.296. The fourth-order valence-corrected chi connectivity index (χ4v) is 5.45. The number of fused-ring (bicyclic) bond motifs is 1. The van der Waals surface area contributed by atoms with Gasteiger partial charge in [0.05, 0.1) is 28.5 Å². The highest BCUT2D eigenvalue weighted by atomic mass is 79.9. The van der Waals surface area contributed by atoms with E-state index in [0.29, 0.717) is 31.9 Å². The summed E-state index contributed by atoms with van der Waals surface area (Å²) >= 11 is 4.86. The number of esters is 1. The zero-order valence-electron chi connectivity index (χ0n) is 20.3. The van der Waals surface area contributed by atoms with E-state index >= 15 is 0 Å². The lowest BCUT2D eigenvalue weighted by Gasteiger charge is -2.26. The number of carbonyl (C=O) groups excluding carboxylic acids is 1. The van der Waals surface area contributed by atoms with Crippen LogP contribution in [0.25, 0.3) is 6.08 Å². The van der Waals surface area contributed by atoms with Gasteiger partial charge >= 0.3 is 5.97 Å². The summed E-state index contributed by atoms with van der Waals surface area (Å²) in [5.41, 5.74) is 3.37. The van der Waals surface area contributed by atoms with E-state index in [1.807, 2.05) is 69.3 Å². The first-order chi connectivity index (χ1) is 16.7. The number of nitrogens with zero attached hydrogens (tertiary/aromatic N) is 2. The molecule has 1 aromatic heterocycles. The largest absolute Gasteiger partial charge is 0.491 e. The number of rotatable bonds is 6. The Morgan fingerprint density at radius 3 is 2.66 bits per heavy atom. The lowest BCUT2D eigenvalue weighted by atomic mass is 9.95. The van der Waals surface area contributed by atoms with Crippen molar-refractivity contribution in [3.05, 3.63) is 94.6 Å². The summed E-state index contributed by atoms with van der Waals surface area (Å²) in [4.78, 5) is 32.1. The average Bonchev–Trinajstić information content (AvgIpc) is 3.10. The summed E-state index contributed by atoms with van der Waals surface area (Å²) in [6.45, 7) is 9.65. The zero-order chi connectivity index (χ0) is 25.3. The van der Waals surface area contributed by atoms with Crippen LogP contribution in [0.5, 0.6) is 5.75 Å². The molecule has 0 saturated heterocycles. The maximum atomic E-state index is 13.8. The molecule has 0 unspecified atom stereocenters. The smallest absolute Gasteiger partial charge is 0.338 e. The molecule has 1 atom stereocenters. The van der Waals surface area contributed by atoms with Gasteiger partial charge in [-0.05, 0) is 64.0 Å². The molecule has 1 aliphatic rings. The molecule has 6 nitrogen and oxygen atoms in total. The number of ether oxygens (including phenoxy) is 2. The number of thiazole rings is 1. The molecule has 35 heavy (non-hydrogen) atoms. The molecule has 1 aliphatic heterocycles. The second-order valence-corrected chi connectivity index (χ2v) is 10.4. The molecule has 8 heteroatoms. The summed E-state index contributed by atoms with van der Waals surface area (Å²) < 4.78 is 14.5. The second kappa shape index (κ2) is 10.3. The number of hydrogen-bond acceptors (Lipinski definition) is 6. The maximum absolute atomic E-state index is 13.8. The Hall–Kier alpha value is -2.97. The summed E-state index contributed by atoms with van der Waals surface area (Å²) in [6, 6.07) is 12.7. The van der Waals surface area contributed by atoms with Gasteiger partial charge in [-0.3, -0.25) is 9.36 Å². The van der Waals surface area contributed by atoms with Crippen molar-refractivity contribution >= 4 is 39.3 Å². The van der Waals surface area contributed by atoms with Crippen LogP contribution in [-0.4, -0.2) is 23.2 Å². The summed E-state index contributed by atoms with van der Waals surface area (Å²) in [7, 11) is 0. The lowest BCUT2D eigenvalue weighted by molar-refractivity contribution is -0.139. The van der Waals surface area contributed by atoms with Crippen LogP contribution < -0.4 is 19.6 Å². The molecule has 2 heterocycles. The van der Waals surface area contributed by atoms with Gasteiger partial charge < -0.3 is 9.47 Å². The minimum absolute atomic E-state index is 0.0805. The third kappa shape index (κ3) is 5.04. The normalized spacial score (nSPS) is 15.7. The second-order valence-electron chi connectivity index (χ2n) is 8.52. The molecular weight excluding hydrogens is 528 g/mol. The van der Waals surface area contributed by atoms with Gasteiger partial charge in [0, 0.05) is 10.0 Å². The van der Waals surface area contributed by atoms with Crippen molar-refractivity contribution in [2.75, 3.05) is 6.61 Å². The van der Waals surface area contributed by atoms with Gasteiger partial charge in [0.25, 0.3) is 5.56 Å². The predicted molar refractivity (Wildman–Crippen MR) is 141 cm³/mol. The zero-order valence-corrected chi connectivity index (χ0v) is 22.7. The van der Waals surface area contributed by atoms with E-state index in [1.165, 1.54) is 11.3 Å². The molecule has 0 aliphatic carbocycles. The van der Waals surface area contributed by atoms with Crippen molar-refractivity contribution in [2.45, 2.75) is 46.8 Å². The van der Waals surface area contributed by atoms with Gasteiger partial charge in [-0.2, -0.15) is 0 Å². The molecular formula is C27H27BrN2O4S. The Balaban J connectivity index is 1.98. The molecule has 4 rings (SSSR count). The van der Waals surface area contributed by atoms with Gasteiger partial charge in [0.2, 0.25) is 0 Å². The Kier molecular flexibility index (Phi) is 7.42. The molecule has 0 radical (unpaired) electrons. The summed E-state index contributed by atoms with van der Waals surface area (Å²) in [5, 5.41) is 0. The van der Waals surface area contributed by atoms with Crippen molar-refractivity contribution in [1.82, 2.24) is 4.57 Å². The summed E-state index contributed by atoms with van der Waals surface area (Å²) in [5.74, 6) is 0.121. The molecule has 0 bridgehead atoms. The minimum Gasteiger partial charge on any atom is -0.491 e. The SMILES string of the molecule is CCOC(=O)C1=C(C)N=c2s/c(=C\c3ccc(C)c(Br)c3)c(=O)n2[C@H]1c1ccccc1OC(C)C. The van der Waals surface area contributed by atoms with E-state index in [4.69, 9.17) is 9.47 Å². The van der Waals surface area contributed by atoms with Crippen molar-refractivity contribution in [3.63, 3.8) is 0 Å². The number of halogens is 1. The van der Waals surface area contributed by atoms with Crippen molar-refractivity contribution in [1.29, 1.82) is 0 Å². The number of carbonyl (C=O) groups is 1. The van der Waals surface area contributed by atoms with Crippen LogP contribution in [0.3, 0.4) is 0 Å². The highest BCUT2D eigenvalue weighted by Gasteiger charge is 2.35. The van der Waals surface area contributed by atoms with E-state index in [1.54, 1.807) is 18.4 Å². The number of aryl methyl sites for hydroxylation is 1. The van der Waals surface area contributed by atoms with Gasteiger partial charge in [0.1, 0.15) is 11.8 Å². The first-order valence-electron chi connectivity index (χ1n) is 11.4. The Bertz CT molecular complexity index is 1500. The van der Waals surface area contributed by atoms with E-state index in [2.05, 4.69) is 20.9 Å². The van der Waals surface area contributed by atoms with E-state index < -0.39 is 12.0 Å². The quantitative estimate of drug-likeness (QED) is 0.415. The summed E-state index contributed by atoms with van der Waals surface area (Å²) in [6.07, 6.45) is 1.77. The highest BCUT2D eigenvalue weighted by Crippen LogP contribution is 2.36. The van der Waals surface area contributed by atoms with Crippen LogP contribution in [0.1, 0.15) is 50.4 Å². The minimum atomic E-state index is -0.716. The molecule has 0 amide bonds. The van der Waals surface area contributed by atoms with Crippen molar-refractivity contribution in [2.24, 2.45) is 4.99 Å². The monoisotopic (exact) mass is 554 g/mol. The van der Waals surface area contributed by atoms with Crippen LogP contribution in [0.2, 0.25) is 0 Å². The van der Waals surface area contributed by atoms with Gasteiger partial charge in [-0.25, -0.2) is 9.79 Å². The highest BCUT2D eigenvalue weighted by molar-refractivity contribution is 9.10. The Morgan fingerprint density at radius 1 is 1.23 bits per heavy atom. The van der Waals surface area contributed by atoms with Crippen molar-refractivity contribution in [3.8, 4) is 5.75 Å². The first kappa shape index (κ1) is 25.1. The number of aromatic nitrogens is 1. The van der Waals surface area contributed by atoms with E-state index in [-0.39, 0.29) is 18.3 Å². The molecule has 0 N–H and O–H groups in total.